The van der Waals surface area contributed by atoms with Gasteiger partial charge in [-0.3, -0.25) is 57.4 Å². The minimum Gasteiger partial charge on any atom is -1.00 e. The number of fused-ring (bicyclic) bond motifs is 4. The van der Waals surface area contributed by atoms with Crippen LogP contribution in [0.2, 0.25) is 0 Å². The van der Waals surface area contributed by atoms with Crippen LogP contribution in [-0.2, 0) is 63.5 Å². The van der Waals surface area contributed by atoms with Gasteiger partial charge in [0.2, 0.25) is 0 Å². The van der Waals surface area contributed by atoms with Gasteiger partial charge in [0, 0.05) is 38.2 Å². The second kappa shape index (κ2) is 47.2. The van der Waals surface area contributed by atoms with Gasteiger partial charge < -0.3 is 57.7 Å². The van der Waals surface area contributed by atoms with Crippen LogP contribution in [0.25, 0.3) is 21.8 Å². The van der Waals surface area contributed by atoms with Crippen molar-refractivity contribution in [3.8, 4) is 23.0 Å². The fraction of sp³-hybridized carbons (Fsp3) is 0.314. The van der Waals surface area contributed by atoms with Crippen molar-refractivity contribution in [2.45, 2.75) is 100 Å². The van der Waals surface area contributed by atoms with Gasteiger partial charge in [-0.25, -0.2) is 8.78 Å². The molecular weight excluding hydrogens is 1560 g/mol. The van der Waals surface area contributed by atoms with E-state index < -0.39 is 70.3 Å². The van der Waals surface area contributed by atoms with Gasteiger partial charge in [-0.2, -0.15) is 0 Å². The fourth-order valence-corrected chi connectivity index (χ4v) is 17.4. The molecule has 4 heterocycles. The number of carbonyl (C=O) groups is 5. The fourth-order valence-electron chi connectivity index (χ4n) is 12.5. The van der Waals surface area contributed by atoms with E-state index in [1.165, 1.54) is 48.5 Å². The SMILES string of the molecule is C.CCOC(=O)CCP(=O)(OCC)OCC.CCOP(=O)(CCCO)OCC.CCOP(=O)(CCCOc1c2c(c(OC(c3ccccc3)c3ccccc3)c3ncccc13)C(=O)N(Cc1ccc(F)cc1)C2=O)OCC.O=C1c2c(c(OC(c3ccccc3)c3ccccc3)c3ncccc3c2O)C(=O)N1Cc1ccc(F)cc1.[B].[H-].[Li+]. The van der Waals surface area contributed by atoms with E-state index in [0.717, 1.165) is 32.1 Å². The first-order valence-electron chi connectivity index (χ1n) is 37.5. The van der Waals surface area contributed by atoms with Crippen molar-refractivity contribution in [2.75, 3.05) is 77.9 Å². The maximum absolute atomic E-state index is 14.4. The molecule has 0 aliphatic carbocycles. The molecule has 0 saturated heterocycles. The number of hydrogen-bond acceptors (Lipinski definition) is 22. The Morgan fingerprint density at radius 3 is 1.15 bits per heavy atom. The molecule has 2 aliphatic heterocycles. The number of phenolic OH excluding ortho intramolecular Hbond substituents is 1. The first kappa shape index (κ1) is 96.3. The molecule has 24 nitrogen and oxygen atoms in total. The standard InChI is InChI=1S/C38H36FN2O7P.C31H21FN2O4.C9H19O5P.C7H17O4P.CH4.B.Li.H/c1-3-46-49(44,47-4-2)24-12-23-45-35-30-17-11-22-40-33(30)36(48-34(27-13-7-5-8-14-27)28-15-9-6-10-16-28)32-31(35)37(42)41(38(32)43)25-26-18-20-29(39)21-19-26;32-22-15-13-19(14-16-22)18-34-30(36)24-25(31(34)37)29(26-23(27(24)35)12-7-17-33-26)38-28(20-8-3-1-4-9-20)21-10-5-2-6-11-21;1-4-12-9(10)7-8-15(11,13-5-2)14-6-3;1-3-10-12(9,11-4-2)7-5-6-8;;;;/h5-11,13-22,34H,3-4,12,23-25H2,1-2H3;1-17,28,35H,18H2;4-8H2,1-3H3;8H,3-7H2,1-2H3;1H4;;;/q;;;;;;+1;-1. The average molecular weight is 1660 g/mol. The average Bonchev–Trinajstić information content (AvgIpc) is 1.56. The number of pyridine rings is 2. The summed E-state index contributed by atoms with van der Waals surface area (Å²) in [5.41, 5.74) is 4.98. The molecule has 2 N–H and O–H groups in total. The molecule has 2 aromatic heterocycles. The molecule has 0 saturated carbocycles. The van der Waals surface area contributed by atoms with Crippen molar-refractivity contribution in [3.63, 3.8) is 0 Å². The Morgan fingerprint density at radius 1 is 0.444 bits per heavy atom. The summed E-state index contributed by atoms with van der Waals surface area (Å²) in [5, 5.41) is 20.4. The zero-order chi connectivity index (χ0) is 81.8. The second-order valence-corrected chi connectivity index (χ2v) is 31.8. The van der Waals surface area contributed by atoms with Gasteiger partial charge in [-0.1, -0.05) is 153 Å². The predicted molar refractivity (Wildman–Crippen MR) is 441 cm³/mol. The van der Waals surface area contributed by atoms with E-state index in [2.05, 4.69) is 9.97 Å². The minimum absolute atomic E-state index is 0. The Hall–Kier alpha value is -9.54. The number of ether oxygens (including phenoxy) is 4. The van der Waals surface area contributed by atoms with Crippen LogP contribution in [0.3, 0.4) is 0 Å². The van der Waals surface area contributed by atoms with E-state index in [0.29, 0.717) is 73.0 Å². The number of aliphatic hydroxyl groups excluding tert-OH is 1. The Morgan fingerprint density at radius 2 is 0.778 bits per heavy atom. The topological polar surface area (TPSA) is 302 Å². The molecule has 0 spiro atoms. The van der Waals surface area contributed by atoms with E-state index >= 15 is 0 Å². The number of imide groups is 2. The number of aromatic nitrogens is 2. The molecule has 4 amide bonds. The maximum atomic E-state index is 14.4. The van der Waals surface area contributed by atoms with Crippen LogP contribution in [0.5, 0.6) is 23.0 Å². The largest absolute Gasteiger partial charge is 1.00 e. The Balaban J connectivity index is 0.000000317. The van der Waals surface area contributed by atoms with Crippen LogP contribution in [0.1, 0.15) is 164 Å². The summed E-state index contributed by atoms with van der Waals surface area (Å²) in [6.07, 6.45) is 3.14. The van der Waals surface area contributed by atoms with E-state index in [1.54, 1.807) is 85.1 Å². The van der Waals surface area contributed by atoms with Gasteiger partial charge in [0.15, 0.2) is 11.5 Å². The van der Waals surface area contributed by atoms with Crippen LogP contribution in [0, 0.1) is 11.6 Å². The first-order chi connectivity index (χ1) is 55.1. The Bertz CT molecular complexity index is 4940. The van der Waals surface area contributed by atoms with Crippen molar-refractivity contribution >= 4 is 82.6 Å². The van der Waals surface area contributed by atoms with Gasteiger partial charge in [0.05, 0.1) is 102 Å². The van der Waals surface area contributed by atoms with E-state index in [-0.39, 0.29) is 158 Å². The molecule has 31 heteroatoms. The maximum Gasteiger partial charge on any atom is 1.00 e. The zero-order valence-corrected chi connectivity index (χ0v) is 68.7. The zero-order valence-electron chi connectivity index (χ0n) is 67.0. The Labute approximate surface area is 696 Å². The van der Waals surface area contributed by atoms with E-state index in [4.69, 9.17) is 51.2 Å². The van der Waals surface area contributed by atoms with Gasteiger partial charge in [0.25, 0.3) is 23.6 Å². The number of rotatable bonds is 36. The van der Waals surface area contributed by atoms with Crippen LogP contribution in [0.15, 0.2) is 207 Å². The normalized spacial score (nSPS) is 12.3. The smallest absolute Gasteiger partial charge is 1.00 e. The molecule has 2 aliphatic rings. The number of benzene rings is 8. The van der Waals surface area contributed by atoms with Gasteiger partial charge in [0.1, 0.15) is 57.5 Å². The summed E-state index contributed by atoms with van der Waals surface area (Å²) >= 11 is 0. The number of carbonyl (C=O) groups excluding carboxylic acids is 5. The van der Waals surface area contributed by atoms with Crippen LogP contribution in [-0.4, -0.2) is 146 Å². The molecule has 3 radical (unpaired) electrons. The molecular formula is C86H98BF2LiN4O20P3. The molecule has 0 unspecified atom stereocenters. The van der Waals surface area contributed by atoms with Crippen molar-refractivity contribution in [1.29, 1.82) is 0 Å². The summed E-state index contributed by atoms with van der Waals surface area (Å²) in [5.74, 6) is -3.57. The van der Waals surface area contributed by atoms with Crippen LogP contribution in [0.4, 0.5) is 8.78 Å². The minimum atomic E-state index is -3.33. The Kier molecular flexibility index (Phi) is 38.8. The number of aliphatic hydroxyl groups is 1. The molecule has 12 rings (SSSR count). The van der Waals surface area contributed by atoms with Gasteiger partial charge >= 0.3 is 47.6 Å². The molecule has 0 bridgehead atoms. The second-order valence-electron chi connectivity index (χ2n) is 25.3. The van der Waals surface area contributed by atoms with Crippen LogP contribution < -0.4 is 33.1 Å². The molecule has 117 heavy (non-hydrogen) atoms. The summed E-state index contributed by atoms with van der Waals surface area (Å²) in [4.78, 5) is 78.2. The van der Waals surface area contributed by atoms with Crippen molar-refractivity contribution in [3.05, 3.63) is 274 Å². The molecule has 0 atom stereocenters. The molecule has 10 aromatic rings. The quantitative estimate of drug-likeness (QED) is 0.0121. The van der Waals surface area contributed by atoms with E-state index in [9.17, 15) is 51.6 Å². The van der Waals surface area contributed by atoms with Crippen molar-refractivity contribution < 1.29 is 123 Å². The number of phenols is 1. The third-order valence-corrected chi connectivity index (χ3v) is 23.9. The third-order valence-electron chi connectivity index (χ3n) is 17.5. The summed E-state index contributed by atoms with van der Waals surface area (Å²) in [6, 6.07) is 56.1. The number of aromatic hydroxyl groups is 1. The number of amides is 4. The number of hydrogen-bond donors (Lipinski definition) is 2. The summed E-state index contributed by atoms with van der Waals surface area (Å²) < 4.78 is 119. The van der Waals surface area contributed by atoms with Gasteiger partial charge in [-0.15, -0.1) is 0 Å². The number of esters is 1. The van der Waals surface area contributed by atoms with Crippen molar-refractivity contribution in [2.24, 2.45) is 0 Å². The molecule has 615 valence electrons. The van der Waals surface area contributed by atoms with Crippen LogP contribution >= 0.6 is 22.8 Å². The predicted octanol–water partition coefficient (Wildman–Crippen LogP) is 15.6. The number of halogens is 2. The first-order valence-corrected chi connectivity index (χ1v) is 42.7. The summed E-state index contributed by atoms with van der Waals surface area (Å²) in [6.45, 7) is 14.3. The van der Waals surface area contributed by atoms with E-state index in [1.807, 2.05) is 121 Å². The van der Waals surface area contributed by atoms with Gasteiger partial charge in [-0.05, 0) is 143 Å². The number of nitrogens with zero attached hydrogens (tertiary/aromatic N) is 4. The molecule has 0 fully saturated rings. The van der Waals surface area contributed by atoms with Crippen molar-refractivity contribution in [1.82, 2.24) is 19.8 Å². The third kappa shape index (κ3) is 25.3. The monoisotopic (exact) mass is 1660 g/mol. The molecule has 8 aromatic carbocycles. The summed E-state index contributed by atoms with van der Waals surface area (Å²) in [7, 11) is -9.32.